The second-order valence-corrected chi connectivity index (χ2v) is 5.18. The summed E-state index contributed by atoms with van der Waals surface area (Å²) in [4.78, 5) is 8.94. The summed E-state index contributed by atoms with van der Waals surface area (Å²) in [5.41, 5.74) is -0.137. The average Bonchev–Trinajstić information content (AvgIpc) is 2.17. The molecule has 0 spiro atoms. The highest BCUT2D eigenvalue weighted by Crippen LogP contribution is 2.45. The number of hydrogen-bond donors (Lipinski definition) is 0. The maximum Gasteiger partial charge on any atom is 0.275 e. The lowest BCUT2D eigenvalue weighted by molar-refractivity contribution is -0.385. The minimum atomic E-state index is -1.70. The van der Waals surface area contributed by atoms with Crippen LogP contribution < -0.4 is 0 Å². The first-order chi connectivity index (χ1) is 6.87. The maximum absolute atomic E-state index is 10.7. The molecule has 0 aliphatic rings. The predicted octanol–water partition coefficient (Wildman–Crippen LogP) is 4.03. The van der Waals surface area contributed by atoms with Crippen molar-refractivity contribution in [1.82, 2.24) is 0 Å². The van der Waals surface area contributed by atoms with E-state index in [0.717, 1.165) is 0 Å². The SMILES string of the molecule is O=[N+]([O-])c1ccccc1C(Cl)(Cl)C(Cl)Cl. The van der Waals surface area contributed by atoms with Crippen molar-refractivity contribution in [2.24, 2.45) is 0 Å². The Hall–Kier alpha value is -0.220. The fourth-order valence-electron chi connectivity index (χ4n) is 1.03. The van der Waals surface area contributed by atoms with Gasteiger partial charge in [-0.2, -0.15) is 0 Å². The topological polar surface area (TPSA) is 43.1 Å². The van der Waals surface area contributed by atoms with Gasteiger partial charge in [0.15, 0.2) is 4.33 Å². The molecule has 0 radical (unpaired) electrons. The van der Waals surface area contributed by atoms with Gasteiger partial charge in [0.05, 0.1) is 10.5 Å². The molecule has 0 aliphatic carbocycles. The highest BCUT2D eigenvalue weighted by Gasteiger charge is 2.39. The molecule has 0 amide bonds. The number of rotatable bonds is 3. The number of nitrogens with zero attached hydrogens (tertiary/aromatic N) is 1. The van der Waals surface area contributed by atoms with Crippen LogP contribution in [-0.4, -0.2) is 9.76 Å². The summed E-state index contributed by atoms with van der Waals surface area (Å²) in [6, 6.07) is 5.77. The van der Waals surface area contributed by atoms with Crippen LogP contribution in [0.15, 0.2) is 24.3 Å². The van der Waals surface area contributed by atoms with Gasteiger partial charge in [0.25, 0.3) is 5.69 Å². The fourth-order valence-corrected chi connectivity index (χ4v) is 1.59. The van der Waals surface area contributed by atoms with Gasteiger partial charge < -0.3 is 0 Å². The van der Waals surface area contributed by atoms with Gasteiger partial charge in [-0.05, 0) is 6.07 Å². The molecule has 0 saturated carbocycles. The van der Waals surface area contributed by atoms with Crippen LogP contribution in [0.1, 0.15) is 5.56 Å². The smallest absolute Gasteiger partial charge is 0.258 e. The Kier molecular flexibility index (Phi) is 4.06. The first-order valence-corrected chi connectivity index (χ1v) is 5.40. The molecule has 0 saturated heterocycles. The zero-order valence-corrected chi connectivity index (χ0v) is 10.2. The number of benzene rings is 1. The molecule has 3 nitrogen and oxygen atoms in total. The van der Waals surface area contributed by atoms with E-state index in [1.54, 1.807) is 6.07 Å². The summed E-state index contributed by atoms with van der Waals surface area (Å²) in [5, 5.41) is 10.7. The van der Waals surface area contributed by atoms with Gasteiger partial charge >= 0.3 is 0 Å². The van der Waals surface area contributed by atoms with Crippen LogP contribution in [0.4, 0.5) is 5.69 Å². The number of nitro benzene ring substituents is 1. The number of halogens is 4. The van der Waals surface area contributed by atoms with Crippen LogP contribution in [-0.2, 0) is 4.33 Å². The normalized spacial score (nSPS) is 11.8. The van der Waals surface area contributed by atoms with Gasteiger partial charge in [-0.25, -0.2) is 0 Å². The lowest BCUT2D eigenvalue weighted by atomic mass is 10.1. The van der Waals surface area contributed by atoms with Crippen molar-refractivity contribution in [3.63, 3.8) is 0 Å². The third-order valence-corrected chi connectivity index (χ3v) is 3.68. The predicted molar refractivity (Wildman–Crippen MR) is 62.0 cm³/mol. The van der Waals surface area contributed by atoms with Crippen molar-refractivity contribution in [1.29, 1.82) is 0 Å². The molecule has 82 valence electrons. The van der Waals surface area contributed by atoms with Crippen molar-refractivity contribution in [3.05, 3.63) is 39.9 Å². The van der Waals surface area contributed by atoms with Gasteiger partial charge in [-0.3, -0.25) is 10.1 Å². The number of para-hydroxylation sites is 1. The molecule has 0 aliphatic heterocycles. The largest absolute Gasteiger partial charge is 0.275 e. The lowest BCUT2D eigenvalue weighted by Gasteiger charge is -2.20. The Balaban J connectivity index is 3.31. The standard InChI is InChI=1S/C8H5Cl4NO2/c9-7(10)8(11,12)5-3-1-2-4-6(5)13(14)15/h1-4,7H. The van der Waals surface area contributed by atoms with E-state index < -0.39 is 14.1 Å². The second-order valence-electron chi connectivity index (χ2n) is 2.70. The Labute approximate surface area is 106 Å². The summed E-state index contributed by atoms with van der Waals surface area (Å²) in [7, 11) is 0. The van der Waals surface area contributed by atoms with Gasteiger partial charge in [0.2, 0.25) is 0 Å². The molecule has 1 aromatic carbocycles. The molecule has 0 bridgehead atoms. The Bertz CT molecular complexity index is 381. The summed E-state index contributed by atoms with van der Waals surface area (Å²) >= 11 is 22.8. The lowest BCUT2D eigenvalue weighted by Crippen LogP contribution is -2.20. The average molecular weight is 289 g/mol. The van der Waals surface area contributed by atoms with Crippen molar-refractivity contribution < 1.29 is 4.92 Å². The number of nitro groups is 1. The first kappa shape index (κ1) is 12.8. The van der Waals surface area contributed by atoms with Gasteiger partial charge in [-0.1, -0.05) is 35.3 Å². The summed E-state index contributed by atoms with van der Waals surface area (Å²) < 4.78 is -1.70. The van der Waals surface area contributed by atoms with E-state index in [4.69, 9.17) is 46.4 Å². The van der Waals surface area contributed by atoms with Crippen LogP contribution in [0.2, 0.25) is 0 Å². The van der Waals surface area contributed by atoms with E-state index in [1.165, 1.54) is 18.2 Å². The Morgan fingerprint density at radius 2 is 1.80 bits per heavy atom. The van der Waals surface area contributed by atoms with Crippen LogP contribution in [0.5, 0.6) is 0 Å². The monoisotopic (exact) mass is 287 g/mol. The van der Waals surface area contributed by atoms with Gasteiger partial charge in [-0.15, -0.1) is 23.2 Å². The number of alkyl halides is 4. The first-order valence-electron chi connectivity index (χ1n) is 3.77. The van der Waals surface area contributed by atoms with Gasteiger partial charge in [0.1, 0.15) is 4.84 Å². The van der Waals surface area contributed by atoms with Crippen LogP contribution in [0.3, 0.4) is 0 Å². The summed E-state index contributed by atoms with van der Waals surface area (Å²) in [6.07, 6.45) is 0. The molecule has 1 rings (SSSR count). The van der Waals surface area contributed by atoms with Crippen molar-refractivity contribution in [2.45, 2.75) is 9.17 Å². The van der Waals surface area contributed by atoms with Crippen molar-refractivity contribution in [2.75, 3.05) is 0 Å². The maximum atomic E-state index is 10.7. The third-order valence-electron chi connectivity index (χ3n) is 1.73. The second kappa shape index (κ2) is 4.74. The molecule has 0 atom stereocenters. The van der Waals surface area contributed by atoms with E-state index in [9.17, 15) is 10.1 Å². The Morgan fingerprint density at radius 1 is 1.27 bits per heavy atom. The molecule has 0 heterocycles. The zero-order chi connectivity index (χ0) is 11.6. The summed E-state index contributed by atoms with van der Waals surface area (Å²) in [6.45, 7) is 0. The number of hydrogen-bond acceptors (Lipinski definition) is 2. The van der Waals surface area contributed by atoms with Crippen LogP contribution in [0, 0.1) is 10.1 Å². The summed E-state index contributed by atoms with van der Waals surface area (Å²) in [5.74, 6) is 0. The van der Waals surface area contributed by atoms with Crippen LogP contribution >= 0.6 is 46.4 Å². The molecule has 15 heavy (non-hydrogen) atoms. The molecule has 0 aromatic heterocycles. The highest BCUT2D eigenvalue weighted by atomic mass is 35.5. The minimum Gasteiger partial charge on any atom is -0.258 e. The van der Waals surface area contributed by atoms with Gasteiger partial charge in [0, 0.05) is 6.07 Å². The van der Waals surface area contributed by atoms with E-state index in [-0.39, 0.29) is 11.3 Å². The van der Waals surface area contributed by atoms with E-state index >= 15 is 0 Å². The van der Waals surface area contributed by atoms with E-state index in [0.29, 0.717) is 0 Å². The van der Waals surface area contributed by atoms with Crippen molar-refractivity contribution >= 4 is 52.1 Å². The van der Waals surface area contributed by atoms with Crippen molar-refractivity contribution in [3.8, 4) is 0 Å². The molecule has 7 heteroatoms. The quantitative estimate of drug-likeness (QED) is 0.479. The molecule has 1 aromatic rings. The molecular formula is C8H5Cl4NO2. The molecule has 0 unspecified atom stereocenters. The highest BCUT2D eigenvalue weighted by molar-refractivity contribution is 6.59. The van der Waals surface area contributed by atoms with E-state index in [2.05, 4.69) is 0 Å². The fraction of sp³-hybridized carbons (Fsp3) is 0.250. The minimum absolute atomic E-state index is 0.0772. The third kappa shape index (κ3) is 2.67. The molecule has 0 N–H and O–H groups in total. The Morgan fingerprint density at radius 3 is 2.27 bits per heavy atom. The van der Waals surface area contributed by atoms with E-state index in [1.807, 2.05) is 0 Å². The zero-order valence-electron chi connectivity index (χ0n) is 7.16. The van der Waals surface area contributed by atoms with Crippen LogP contribution in [0.25, 0.3) is 0 Å². The molecule has 0 fully saturated rings. The molecular weight excluding hydrogens is 284 g/mol.